The highest BCUT2D eigenvalue weighted by atomic mass is 32.2. The van der Waals surface area contributed by atoms with Gasteiger partial charge in [-0.2, -0.15) is 11.8 Å². The van der Waals surface area contributed by atoms with Gasteiger partial charge in [-0.15, -0.1) is 0 Å². The van der Waals surface area contributed by atoms with Crippen LogP contribution in [-0.2, 0) is 6.54 Å². The second kappa shape index (κ2) is 6.59. The summed E-state index contributed by atoms with van der Waals surface area (Å²) in [6.45, 7) is 0.927. The second-order valence-electron chi connectivity index (χ2n) is 5.57. The summed E-state index contributed by atoms with van der Waals surface area (Å²) in [5.41, 5.74) is 1.31. The van der Waals surface area contributed by atoms with E-state index in [2.05, 4.69) is 40.8 Å². The summed E-state index contributed by atoms with van der Waals surface area (Å²) in [4.78, 5) is 4.37. The first-order valence-electron chi connectivity index (χ1n) is 7.46. The average Bonchev–Trinajstić information content (AvgIpc) is 2.53. The molecule has 0 aliphatic heterocycles. The van der Waals surface area contributed by atoms with Crippen molar-refractivity contribution in [2.75, 3.05) is 6.26 Å². The Labute approximate surface area is 125 Å². The molecule has 2 nitrogen and oxygen atoms in total. The lowest BCUT2D eigenvalue weighted by Gasteiger charge is -2.31. The van der Waals surface area contributed by atoms with Gasteiger partial charge in [-0.05, 0) is 30.0 Å². The molecule has 106 valence electrons. The van der Waals surface area contributed by atoms with E-state index in [9.17, 15) is 0 Å². The van der Waals surface area contributed by atoms with Gasteiger partial charge < -0.3 is 5.32 Å². The van der Waals surface area contributed by atoms with Gasteiger partial charge in [-0.1, -0.05) is 37.1 Å². The van der Waals surface area contributed by atoms with E-state index in [1.807, 2.05) is 24.2 Å². The Kier molecular flexibility index (Phi) is 4.58. The van der Waals surface area contributed by atoms with Crippen molar-refractivity contribution in [3.63, 3.8) is 0 Å². The lowest BCUT2D eigenvalue weighted by Crippen LogP contribution is -2.39. The monoisotopic (exact) mass is 286 g/mol. The molecule has 0 amide bonds. The maximum Gasteiger partial charge on any atom is 0.0346 e. The van der Waals surface area contributed by atoms with Crippen LogP contribution in [0.15, 0.2) is 36.7 Å². The van der Waals surface area contributed by atoms with Crippen LogP contribution >= 0.6 is 11.8 Å². The Bertz CT molecular complexity index is 564. The third kappa shape index (κ3) is 2.99. The van der Waals surface area contributed by atoms with Crippen LogP contribution in [0.25, 0.3) is 10.8 Å². The molecule has 2 atom stereocenters. The van der Waals surface area contributed by atoms with Gasteiger partial charge >= 0.3 is 0 Å². The summed E-state index contributed by atoms with van der Waals surface area (Å²) in [7, 11) is 0. The molecular formula is C17H22N2S. The van der Waals surface area contributed by atoms with E-state index >= 15 is 0 Å². The van der Waals surface area contributed by atoms with Crippen LogP contribution in [0.4, 0.5) is 0 Å². The molecule has 3 heteroatoms. The van der Waals surface area contributed by atoms with E-state index in [-0.39, 0.29) is 0 Å². The van der Waals surface area contributed by atoms with Crippen molar-refractivity contribution in [3.05, 3.63) is 42.2 Å². The number of benzene rings is 1. The maximum absolute atomic E-state index is 4.37. The number of hydrogen-bond donors (Lipinski definition) is 1. The number of hydrogen-bond acceptors (Lipinski definition) is 3. The van der Waals surface area contributed by atoms with Crippen LogP contribution < -0.4 is 5.32 Å². The molecule has 0 radical (unpaired) electrons. The van der Waals surface area contributed by atoms with Gasteiger partial charge in [0.25, 0.3) is 0 Å². The first-order chi connectivity index (χ1) is 9.88. The number of pyridine rings is 1. The summed E-state index contributed by atoms with van der Waals surface area (Å²) < 4.78 is 0. The van der Waals surface area contributed by atoms with Crippen LogP contribution in [0.5, 0.6) is 0 Å². The minimum atomic E-state index is 0.651. The molecule has 1 fully saturated rings. The molecule has 20 heavy (non-hydrogen) atoms. The highest BCUT2D eigenvalue weighted by Crippen LogP contribution is 2.27. The van der Waals surface area contributed by atoms with Gasteiger partial charge in [0.2, 0.25) is 0 Å². The van der Waals surface area contributed by atoms with Crippen molar-refractivity contribution in [2.24, 2.45) is 0 Å². The number of nitrogens with one attached hydrogen (secondary N) is 1. The largest absolute Gasteiger partial charge is 0.309 e. The molecule has 1 aliphatic carbocycles. The molecule has 0 bridgehead atoms. The lowest BCUT2D eigenvalue weighted by molar-refractivity contribution is 0.383. The van der Waals surface area contributed by atoms with E-state index in [1.165, 1.54) is 42.0 Å². The molecule has 1 aromatic carbocycles. The summed E-state index contributed by atoms with van der Waals surface area (Å²) in [6, 6.07) is 9.17. The smallest absolute Gasteiger partial charge is 0.0346 e. The molecular weight excluding hydrogens is 264 g/mol. The van der Waals surface area contributed by atoms with Gasteiger partial charge in [0.05, 0.1) is 0 Å². The molecule has 2 unspecified atom stereocenters. The highest BCUT2D eigenvalue weighted by molar-refractivity contribution is 7.99. The van der Waals surface area contributed by atoms with E-state index < -0.39 is 0 Å². The Morgan fingerprint density at radius 3 is 2.95 bits per heavy atom. The highest BCUT2D eigenvalue weighted by Gasteiger charge is 2.23. The van der Waals surface area contributed by atoms with Gasteiger partial charge in [0, 0.05) is 35.6 Å². The number of fused-ring (bicyclic) bond motifs is 1. The summed E-state index contributed by atoms with van der Waals surface area (Å²) >= 11 is 2.01. The lowest BCUT2D eigenvalue weighted by atomic mass is 9.94. The van der Waals surface area contributed by atoms with Gasteiger partial charge in [0.15, 0.2) is 0 Å². The summed E-state index contributed by atoms with van der Waals surface area (Å²) in [5.74, 6) is 0. The molecule has 3 rings (SSSR count). The fourth-order valence-corrected chi connectivity index (χ4v) is 4.14. The zero-order chi connectivity index (χ0) is 13.8. The summed E-state index contributed by atoms with van der Waals surface area (Å²) in [5, 5.41) is 7.10. The minimum Gasteiger partial charge on any atom is -0.309 e. The maximum atomic E-state index is 4.37. The molecule has 1 aromatic heterocycles. The van der Waals surface area contributed by atoms with Crippen molar-refractivity contribution in [3.8, 4) is 0 Å². The average molecular weight is 286 g/mol. The number of rotatable bonds is 4. The predicted molar refractivity (Wildman–Crippen MR) is 88.1 cm³/mol. The molecule has 1 N–H and O–H groups in total. The zero-order valence-electron chi connectivity index (χ0n) is 12.0. The van der Waals surface area contributed by atoms with Crippen molar-refractivity contribution in [1.29, 1.82) is 0 Å². The topological polar surface area (TPSA) is 24.9 Å². The summed E-state index contributed by atoms with van der Waals surface area (Å²) in [6.07, 6.45) is 11.6. The van der Waals surface area contributed by atoms with Gasteiger partial charge in [-0.25, -0.2) is 0 Å². The van der Waals surface area contributed by atoms with Gasteiger partial charge in [-0.3, -0.25) is 4.98 Å². The Hall–Kier alpha value is -1.06. The van der Waals surface area contributed by atoms with Crippen molar-refractivity contribution in [2.45, 2.75) is 43.5 Å². The molecule has 0 saturated heterocycles. The van der Waals surface area contributed by atoms with Gasteiger partial charge in [0.1, 0.15) is 0 Å². The minimum absolute atomic E-state index is 0.651. The van der Waals surface area contributed by atoms with Crippen LogP contribution in [0.1, 0.15) is 31.2 Å². The van der Waals surface area contributed by atoms with Crippen LogP contribution in [0.2, 0.25) is 0 Å². The van der Waals surface area contributed by atoms with Crippen molar-refractivity contribution >= 4 is 22.5 Å². The third-order valence-electron chi connectivity index (χ3n) is 4.31. The van der Waals surface area contributed by atoms with Crippen LogP contribution in [-0.4, -0.2) is 22.5 Å². The van der Waals surface area contributed by atoms with E-state index in [1.54, 1.807) is 0 Å². The fraction of sp³-hybridized carbons (Fsp3) is 0.471. The first-order valence-corrected chi connectivity index (χ1v) is 8.75. The number of nitrogens with zero attached hydrogens (tertiary/aromatic N) is 1. The molecule has 2 aromatic rings. The normalized spacial score (nSPS) is 23.1. The SMILES string of the molecule is CSC1CCCCC1NCc1cncc2ccccc12. The molecule has 1 heterocycles. The fourth-order valence-electron chi connectivity index (χ4n) is 3.17. The Morgan fingerprint density at radius 1 is 1.20 bits per heavy atom. The quantitative estimate of drug-likeness (QED) is 0.919. The molecule has 1 aliphatic rings. The first kappa shape index (κ1) is 13.9. The van der Waals surface area contributed by atoms with E-state index in [0.717, 1.165) is 11.8 Å². The molecule has 0 spiro atoms. The Morgan fingerprint density at radius 2 is 2.05 bits per heavy atom. The second-order valence-corrected chi connectivity index (χ2v) is 6.64. The number of aromatic nitrogens is 1. The van der Waals surface area contributed by atoms with Crippen molar-refractivity contribution < 1.29 is 0 Å². The van der Waals surface area contributed by atoms with Crippen molar-refractivity contribution in [1.82, 2.24) is 10.3 Å². The molecule has 1 saturated carbocycles. The van der Waals surface area contributed by atoms with E-state index in [4.69, 9.17) is 0 Å². The Balaban J connectivity index is 1.73. The van der Waals surface area contributed by atoms with Crippen LogP contribution in [0.3, 0.4) is 0 Å². The third-order valence-corrected chi connectivity index (χ3v) is 5.48. The number of thioether (sulfide) groups is 1. The predicted octanol–water partition coefficient (Wildman–Crippen LogP) is 4.00. The van der Waals surface area contributed by atoms with E-state index in [0.29, 0.717) is 6.04 Å². The van der Waals surface area contributed by atoms with Crippen LogP contribution in [0, 0.1) is 0 Å². The zero-order valence-corrected chi connectivity index (χ0v) is 12.8. The standard InChI is InChI=1S/C17H22N2S/c1-20-17-9-5-4-8-16(17)19-12-14-11-18-10-13-6-2-3-7-15(13)14/h2-3,6-7,10-11,16-17,19H,4-5,8-9,12H2,1H3.